The Morgan fingerprint density at radius 2 is 0.848 bits per heavy atom. The lowest BCUT2D eigenvalue weighted by Crippen LogP contribution is -1.95. The zero-order valence-electron chi connectivity index (χ0n) is 18.1. The molecule has 0 unspecified atom stereocenters. The van der Waals surface area contributed by atoms with Gasteiger partial charge in [-0.15, -0.1) is 0 Å². The van der Waals surface area contributed by atoms with Crippen LogP contribution in [0.3, 0.4) is 0 Å². The first kappa shape index (κ1) is 18.2. The van der Waals surface area contributed by atoms with E-state index in [9.17, 15) is 0 Å². The summed E-state index contributed by atoms with van der Waals surface area (Å²) in [4.78, 5) is 0. The van der Waals surface area contributed by atoms with Crippen LogP contribution in [0.2, 0.25) is 0 Å². The van der Waals surface area contributed by atoms with E-state index in [0.29, 0.717) is 0 Å². The Kier molecular flexibility index (Phi) is 3.91. The van der Waals surface area contributed by atoms with E-state index in [0.717, 1.165) is 0 Å². The van der Waals surface area contributed by atoms with Crippen molar-refractivity contribution in [2.24, 2.45) is 0 Å². The van der Waals surface area contributed by atoms with Crippen LogP contribution >= 0.6 is 0 Å². The van der Waals surface area contributed by atoms with Crippen LogP contribution in [-0.2, 0) is 0 Å². The molecule has 33 heavy (non-hydrogen) atoms. The van der Waals surface area contributed by atoms with Gasteiger partial charge in [0.05, 0.1) is 11.0 Å². The fourth-order valence-corrected chi connectivity index (χ4v) is 5.23. The Morgan fingerprint density at radius 1 is 0.364 bits per heavy atom. The van der Waals surface area contributed by atoms with Gasteiger partial charge in [0.25, 0.3) is 0 Å². The summed E-state index contributed by atoms with van der Waals surface area (Å²) in [6, 6.07) is 46.0. The third kappa shape index (κ3) is 2.79. The molecule has 1 heterocycles. The molecule has 0 saturated heterocycles. The molecular formula is C32H21N. The zero-order valence-corrected chi connectivity index (χ0v) is 18.1. The van der Waals surface area contributed by atoms with Crippen LogP contribution in [0.15, 0.2) is 127 Å². The van der Waals surface area contributed by atoms with Crippen molar-refractivity contribution in [1.29, 1.82) is 0 Å². The molecular weight excluding hydrogens is 398 g/mol. The first-order valence-corrected chi connectivity index (χ1v) is 11.4. The van der Waals surface area contributed by atoms with Crippen LogP contribution in [0.25, 0.3) is 60.5 Å². The number of hydrogen-bond donors (Lipinski definition) is 0. The first-order valence-electron chi connectivity index (χ1n) is 11.4. The Balaban J connectivity index is 1.60. The van der Waals surface area contributed by atoms with E-state index in [1.165, 1.54) is 60.5 Å². The van der Waals surface area contributed by atoms with Crippen LogP contribution in [0.5, 0.6) is 0 Å². The molecule has 0 atom stereocenters. The molecule has 0 spiro atoms. The molecule has 1 nitrogen and oxygen atoms in total. The number of rotatable bonds is 3. The van der Waals surface area contributed by atoms with Gasteiger partial charge in [0.2, 0.25) is 0 Å². The van der Waals surface area contributed by atoms with Crippen molar-refractivity contribution >= 4 is 32.6 Å². The average molecular weight is 420 g/mol. The maximum absolute atomic E-state index is 2.43. The second-order valence-electron chi connectivity index (χ2n) is 8.65. The van der Waals surface area contributed by atoms with Crippen LogP contribution in [0, 0.1) is 0 Å². The average Bonchev–Trinajstić information content (AvgIpc) is 3.24. The molecule has 0 saturated carbocycles. The summed E-state index contributed by atoms with van der Waals surface area (Å²) in [5.41, 5.74) is 8.59. The molecule has 1 heteroatoms. The third-order valence-corrected chi connectivity index (χ3v) is 6.71. The standard InChI is InChI=1S/C32H21N/c1-3-9-22(10-4-1)26-19-27(23-11-5-2-6-12-23)21-28(20-26)33-29-15-7-13-24-17-18-25-14-8-16-30(33)32(25)31(24)29/h1-21H. The SMILES string of the molecule is c1ccc(-c2cc(-c3ccccc3)cc(-n3c4cccc5ccc6cccc3c6c54)c2)cc1. The van der Waals surface area contributed by atoms with Gasteiger partial charge in [-0.25, -0.2) is 0 Å². The first-order chi connectivity index (χ1) is 16.4. The summed E-state index contributed by atoms with van der Waals surface area (Å²) in [5, 5.41) is 5.27. The van der Waals surface area contributed by atoms with Crippen LogP contribution in [0.4, 0.5) is 0 Å². The fourth-order valence-electron chi connectivity index (χ4n) is 5.23. The Morgan fingerprint density at radius 3 is 1.33 bits per heavy atom. The quantitative estimate of drug-likeness (QED) is 0.252. The lowest BCUT2D eigenvalue weighted by Gasteiger charge is -2.14. The van der Waals surface area contributed by atoms with Gasteiger partial charge in [-0.1, -0.05) is 97.1 Å². The van der Waals surface area contributed by atoms with Crippen molar-refractivity contribution in [2.45, 2.75) is 0 Å². The summed E-state index contributed by atoms with van der Waals surface area (Å²) in [5.74, 6) is 0. The molecule has 1 aromatic heterocycles. The van der Waals surface area contributed by atoms with Gasteiger partial charge in [-0.2, -0.15) is 0 Å². The molecule has 0 fully saturated rings. The van der Waals surface area contributed by atoms with E-state index in [4.69, 9.17) is 0 Å². The van der Waals surface area contributed by atoms with Gasteiger partial charge < -0.3 is 4.57 Å². The molecule has 0 radical (unpaired) electrons. The lowest BCUT2D eigenvalue weighted by atomic mass is 9.98. The zero-order chi connectivity index (χ0) is 21.8. The topological polar surface area (TPSA) is 4.93 Å². The van der Waals surface area contributed by atoms with Crippen molar-refractivity contribution in [3.8, 4) is 27.9 Å². The second-order valence-corrected chi connectivity index (χ2v) is 8.65. The molecule has 0 bridgehead atoms. The predicted molar refractivity (Wildman–Crippen MR) is 140 cm³/mol. The summed E-state index contributed by atoms with van der Waals surface area (Å²) >= 11 is 0. The van der Waals surface area contributed by atoms with Gasteiger partial charge in [0, 0.05) is 16.5 Å². The van der Waals surface area contributed by atoms with Crippen molar-refractivity contribution in [3.05, 3.63) is 127 Å². The number of aromatic nitrogens is 1. The Hall–Kier alpha value is -4.36. The normalized spacial score (nSPS) is 11.6. The Labute approximate surface area is 192 Å². The second kappa shape index (κ2) is 7.08. The Bertz CT molecular complexity index is 1620. The van der Waals surface area contributed by atoms with Gasteiger partial charge in [-0.3, -0.25) is 0 Å². The van der Waals surface area contributed by atoms with Crippen LogP contribution in [-0.4, -0.2) is 4.57 Å². The number of hydrogen-bond acceptors (Lipinski definition) is 0. The monoisotopic (exact) mass is 419 g/mol. The predicted octanol–water partition coefficient (Wildman–Crippen LogP) is 8.71. The maximum atomic E-state index is 2.43. The highest BCUT2D eigenvalue weighted by molar-refractivity contribution is 6.24. The fraction of sp³-hybridized carbons (Fsp3) is 0. The summed E-state index contributed by atoms with van der Waals surface area (Å²) in [7, 11) is 0. The molecule has 7 rings (SSSR count). The third-order valence-electron chi connectivity index (χ3n) is 6.71. The van der Waals surface area contributed by atoms with Gasteiger partial charge >= 0.3 is 0 Å². The van der Waals surface area contributed by atoms with Crippen molar-refractivity contribution in [1.82, 2.24) is 4.57 Å². The molecule has 0 aliphatic rings. The number of nitrogens with zero attached hydrogens (tertiary/aromatic N) is 1. The smallest absolute Gasteiger partial charge is 0.0547 e. The minimum Gasteiger partial charge on any atom is -0.309 e. The van der Waals surface area contributed by atoms with Crippen molar-refractivity contribution in [3.63, 3.8) is 0 Å². The van der Waals surface area contributed by atoms with E-state index in [-0.39, 0.29) is 0 Å². The van der Waals surface area contributed by atoms with E-state index in [2.05, 4.69) is 132 Å². The highest BCUT2D eigenvalue weighted by Crippen LogP contribution is 2.40. The lowest BCUT2D eigenvalue weighted by molar-refractivity contribution is 1.18. The molecule has 0 aliphatic heterocycles. The van der Waals surface area contributed by atoms with Crippen LogP contribution < -0.4 is 0 Å². The van der Waals surface area contributed by atoms with Gasteiger partial charge in [-0.05, 0) is 63.4 Å². The van der Waals surface area contributed by atoms with Crippen molar-refractivity contribution in [2.75, 3.05) is 0 Å². The van der Waals surface area contributed by atoms with Crippen molar-refractivity contribution < 1.29 is 0 Å². The highest BCUT2D eigenvalue weighted by atomic mass is 15.0. The molecule has 0 N–H and O–H groups in total. The van der Waals surface area contributed by atoms with E-state index >= 15 is 0 Å². The largest absolute Gasteiger partial charge is 0.309 e. The number of benzene rings is 6. The molecule has 0 aliphatic carbocycles. The van der Waals surface area contributed by atoms with Gasteiger partial charge in [0.15, 0.2) is 0 Å². The van der Waals surface area contributed by atoms with Gasteiger partial charge in [0.1, 0.15) is 0 Å². The minimum absolute atomic E-state index is 1.19. The molecule has 0 amide bonds. The molecule has 154 valence electrons. The maximum Gasteiger partial charge on any atom is 0.0547 e. The van der Waals surface area contributed by atoms with E-state index in [1.54, 1.807) is 0 Å². The minimum atomic E-state index is 1.19. The highest BCUT2D eigenvalue weighted by Gasteiger charge is 2.17. The summed E-state index contributed by atoms with van der Waals surface area (Å²) < 4.78 is 2.43. The van der Waals surface area contributed by atoms with E-state index in [1.807, 2.05) is 0 Å². The van der Waals surface area contributed by atoms with E-state index < -0.39 is 0 Å². The summed E-state index contributed by atoms with van der Waals surface area (Å²) in [6.07, 6.45) is 0. The summed E-state index contributed by atoms with van der Waals surface area (Å²) in [6.45, 7) is 0. The molecule has 7 aromatic rings. The van der Waals surface area contributed by atoms with Crippen LogP contribution in [0.1, 0.15) is 0 Å². The molecule has 6 aromatic carbocycles.